The number of carbonyl (C=O) groups excluding carboxylic acids is 3. The molecular formula is C20H30N4O7S3. The van der Waals surface area contributed by atoms with Gasteiger partial charge >= 0.3 is 5.97 Å². The molecule has 0 aromatic carbocycles. The SMILES string of the molecule is CC(C)C[C@@H](NC(=O)[C@@H]1C[C@@H](NS(=O)(=O)c2cccs2)CCN1C(=O)CSCC(=O)O)C(N)=O. The zero-order valence-electron chi connectivity index (χ0n) is 18.9. The van der Waals surface area contributed by atoms with Gasteiger partial charge in [0, 0.05) is 12.6 Å². The van der Waals surface area contributed by atoms with Gasteiger partial charge in [0.1, 0.15) is 16.3 Å². The molecule has 1 aromatic heterocycles. The van der Waals surface area contributed by atoms with Crippen LogP contribution in [0, 0.1) is 5.92 Å². The van der Waals surface area contributed by atoms with Crippen LogP contribution in [0.15, 0.2) is 21.7 Å². The summed E-state index contributed by atoms with van der Waals surface area (Å²) in [6.45, 7) is 3.83. The lowest BCUT2D eigenvalue weighted by atomic mass is 9.96. The summed E-state index contributed by atoms with van der Waals surface area (Å²) in [5, 5.41) is 13.0. The topological polar surface area (TPSA) is 176 Å². The second kappa shape index (κ2) is 12.5. The van der Waals surface area contributed by atoms with Gasteiger partial charge in [0.15, 0.2) is 0 Å². The summed E-state index contributed by atoms with van der Waals surface area (Å²) in [6.07, 6.45) is 0.582. The second-order valence-corrected chi connectivity index (χ2v) is 12.2. The van der Waals surface area contributed by atoms with Crippen LogP contribution in [0.1, 0.15) is 33.1 Å². The van der Waals surface area contributed by atoms with E-state index in [1.54, 1.807) is 11.4 Å². The molecule has 5 N–H and O–H groups in total. The lowest BCUT2D eigenvalue weighted by Crippen LogP contribution is -2.60. The van der Waals surface area contributed by atoms with Crippen LogP contribution in [0.25, 0.3) is 0 Å². The fourth-order valence-electron chi connectivity index (χ4n) is 3.61. The highest BCUT2D eigenvalue weighted by Gasteiger charge is 2.38. The Morgan fingerprint density at radius 1 is 1.29 bits per heavy atom. The molecule has 1 saturated heterocycles. The molecule has 0 saturated carbocycles. The Morgan fingerprint density at radius 2 is 2.00 bits per heavy atom. The smallest absolute Gasteiger partial charge is 0.313 e. The predicted molar refractivity (Wildman–Crippen MR) is 129 cm³/mol. The van der Waals surface area contributed by atoms with Crippen LogP contribution in [-0.4, -0.2) is 78.3 Å². The molecule has 0 unspecified atom stereocenters. The van der Waals surface area contributed by atoms with Crippen LogP contribution in [-0.2, 0) is 29.2 Å². The van der Waals surface area contributed by atoms with Crippen molar-refractivity contribution in [2.45, 2.75) is 55.4 Å². The number of hydrogen-bond acceptors (Lipinski definition) is 8. The number of thioether (sulfide) groups is 1. The lowest BCUT2D eigenvalue weighted by Gasteiger charge is -2.39. The molecule has 1 aliphatic rings. The lowest BCUT2D eigenvalue weighted by molar-refractivity contribution is -0.141. The van der Waals surface area contributed by atoms with Gasteiger partial charge in [-0.2, -0.15) is 0 Å². The number of carboxylic acid groups (broad SMARTS) is 1. The maximum atomic E-state index is 13.1. The van der Waals surface area contributed by atoms with Gasteiger partial charge in [-0.15, -0.1) is 23.1 Å². The predicted octanol–water partition coefficient (Wildman–Crippen LogP) is 0.220. The number of nitrogens with two attached hydrogens (primary N) is 1. The zero-order valence-corrected chi connectivity index (χ0v) is 21.4. The number of rotatable bonds is 12. The van der Waals surface area contributed by atoms with Gasteiger partial charge in [0.05, 0.1) is 11.5 Å². The van der Waals surface area contributed by atoms with Crippen molar-refractivity contribution in [1.29, 1.82) is 0 Å². The van der Waals surface area contributed by atoms with Gasteiger partial charge in [-0.25, -0.2) is 13.1 Å². The van der Waals surface area contributed by atoms with Crippen LogP contribution in [0.3, 0.4) is 0 Å². The summed E-state index contributed by atoms with van der Waals surface area (Å²) in [5.74, 6) is -3.16. The van der Waals surface area contributed by atoms with E-state index in [1.165, 1.54) is 11.0 Å². The number of sulfonamides is 1. The Morgan fingerprint density at radius 3 is 2.56 bits per heavy atom. The Balaban J connectivity index is 2.19. The molecule has 0 spiro atoms. The minimum absolute atomic E-state index is 0.00106. The number of nitrogens with zero attached hydrogens (tertiary/aromatic N) is 1. The van der Waals surface area contributed by atoms with Crippen molar-refractivity contribution in [2.24, 2.45) is 11.7 Å². The number of primary amides is 1. The molecule has 190 valence electrons. The van der Waals surface area contributed by atoms with Crippen molar-refractivity contribution < 1.29 is 32.7 Å². The van der Waals surface area contributed by atoms with E-state index in [1.807, 2.05) is 13.8 Å². The van der Waals surface area contributed by atoms with E-state index in [9.17, 15) is 27.6 Å². The fourth-order valence-corrected chi connectivity index (χ4v) is 6.52. The number of likely N-dealkylation sites (tertiary alicyclic amines) is 1. The first-order chi connectivity index (χ1) is 15.9. The Kier molecular flexibility index (Phi) is 10.3. The summed E-state index contributed by atoms with van der Waals surface area (Å²) in [6, 6.07) is 0.491. The van der Waals surface area contributed by atoms with Gasteiger partial charge < -0.3 is 21.1 Å². The third kappa shape index (κ3) is 8.25. The number of thiophene rings is 1. The van der Waals surface area contributed by atoms with E-state index in [4.69, 9.17) is 10.8 Å². The average Bonchev–Trinajstić information content (AvgIpc) is 3.28. The second-order valence-electron chi connectivity index (χ2n) is 8.36. The molecule has 14 heteroatoms. The highest BCUT2D eigenvalue weighted by molar-refractivity contribution is 8.00. The van der Waals surface area contributed by atoms with E-state index in [0.717, 1.165) is 23.1 Å². The molecule has 1 fully saturated rings. The number of carboxylic acids is 1. The Hall–Kier alpha value is -2.16. The van der Waals surface area contributed by atoms with Crippen LogP contribution < -0.4 is 15.8 Å². The minimum Gasteiger partial charge on any atom is -0.481 e. The molecule has 0 aliphatic carbocycles. The monoisotopic (exact) mass is 534 g/mol. The number of aliphatic carboxylic acids is 1. The summed E-state index contributed by atoms with van der Waals surface area (Å²) in [5.41, 5.74) is 5.43. The van der Waals surface area contributed by atoms with Crippen molar-refractivity contribution >= 4 is 56.8 Å². The number of piperidine rings is 1. The van der Waals surface area contributed by atoms with Gasteiger partial charge in [-0.1, -0.05) is 19.9 Å². The molecule has 0 bridgehead atoms. The van der Waals surface area contributed by atoms with Crippen LogP contribution >= 0.6 is 23.1 Å². The molecule has 2 rings (SSSR count). The quantitative estimate of drug-likeness (QED) is 0.294. The first kappa shape index (κ1) is 28.1. The van der Waals surface area contributed by atoms with Crippen molar-refractivity contribution in [3.05, 3.63) is 17.5 Å². The van der Waals surface area contributed by atoms with Crippen molar-refractivity contribution in [2.75, 3.05) is 18.1 Å². The maximum absolute atomic E-state index is 13.1. The molecule has 11 nitrogen and oxygen atoms in total. The molecule has 34 heavy (non-hydrogen) atoms. The first-order valence-corrected chi connectivity index (χ1v) is 14.2. The fraction of sp³-hybridized carbons (Fsp3) is 0.600. The van der Waals surface area contributed by atoms with Crippen LogP contribution in [0.4, 0.5) is 0 Å². The van der Waals surface area contributed by atoms with Crippen molar-refractivity contribution in [1.82, 2.24) is 14.9 Å². The third-order valence-electron chi connectivity index (χ3n) is 5.13. The molecule has 3 atom stereocenters. The average molecular weight is 535 g/mol. The van der Waals surface area contributed by atoms with Gasteiger partial charge in [0.2, 0.25) is 27.7 Å². The summed E-state index contributed by atoms with van der Waals surface area (Å²) >= 11 is 1.97. The standard InChI is InChI=1S/C20H30N4O7S3/c1-12(2)8-14(19(21)28)22-20(29)15-9-13(23-34(30,31)18-4-3-7-33-18)5-6-24(15)16(25)10-32-11-17(26)27/h3-4,7,12-15,23H,5-6,8-11H2,1-2H3,(H2,21,28)(H,22,29)(H,26,27)/t13-,14+,15-/m0/s1. The number of amides is 3. The highest BCUT2D eigenvalue weighted by Crippen LogP contribution is 2.23. The first-order valence-electron chi connectivity index (χ1n) is 10.6. The van der Waals surface area contributed by atoms with E-state index < -0.39 is 51.8 Å². The minimum atomic E-state index is -3.79. The highest BCUT2D eigenvalue weighted by atomic mass is 32.2. The number of hydrogen-bond donors (Lipinski definition) is 4. The van der Waals surface area contributed by atoms with Gasteiger partial charge in [0.25, 0.3) is 0 Å². The molecule has 3 amide bonds. The van der Waals surface area contributed by atoms with E-state index in [-0.39, 0.29) is 41.0 Å². The molecule has 1 aromatic rings. The van der Waals surface area contributed by atoms with Crippen molar-refractivity contribution in [3.63, 3.8) is 0 Å². The van der Waals surface area contributed by atoms with E-state index in [2.05, 4.69) is 10.0 Å². The van der Waals surface area contributed by atoms with E-state index >= 15 is 0 Å². The maximum Gasteiger partial charge on any atom is 0.313 e. The zero-order chi connectivity index (χ0) is 25.5. The Labute approximate surface area is 206 Å². The van der Waals surface area contributed by atoms with Crippen LogP contribution in [0.5, 0.6) is 0 Å². The van der Waals surface area contributed by atoms with Crippen LogP contribution in [0.2, 0.25) is 0 Å². The number of carbonyl (C=O) groups is 4. The van der Waals surface area contributed by atoms with Crippen molar-refractivity contribution in [3.8, 4) is 0 Å². The number of nitrogens with one attached hydrogen (secondary N) is 2. The van der Waals surface area contributed by atoms with Gasteiger partial charge in [-0.05, 0) is 36.6 Å². The summed E-state index contributed by atoms with van der Waals surface area (Å²) < 4.78 is 28.0. The largest absolute Gasteiger partial charge is 0.481 e. The molecule has 2 heterocycles. The summed E-state index contributed by atoms with van der Waals surface area (Å²) in [4.78, 5) is 49.8. The Bertz CT molecular complexity index is 982. The third-order valence-corrected chi connectivity index (χ3v) is 8.95. The molecule has 0 radical (unpaired) electrons. The van der Waals surface area contributed by atoms with Gasteiger partial charge in [-0.3, -0.25) is 19.2 Å². The van der Waals surface area contributed by atoms with E-state index in [0.29, 0.717) is 6.42 Å². The molecular weight excluding hydrogens is 504 g/mol. The normalized spacial score (nSPS) is 19.6. The molecule has 1 aliphatic heterocycles. The summed E-state index contributed by atoms with van der Waals surface area (Å²) in [7, 11) is -3.79.